The minimum absolute atomic E-state index is 0.458. The number of aromatic amines is 1. The average Bonchev–Trinajstić information content (AvgIpc) is 3.39. The fourth-order valence-electron chi connectivity index (χ4n) is 4.03. The van der Waals surface area contributed by atoms with Gasteiger partial charge in [-0.3, -0.25) is 4.79 Å². The van der Waals surface area contributed by atoms with Gasteiger partial charge in [-0.2, -0.15) is 0 Å². The number of nitrogens with zero attached hydrogens (tertiary/aromatic N) is 2. The molecule has 0 saturated carbocycles. The topological polar surface area (TPSA) is 88.1 Å². The number of hydrogen-bond donors (Lipinski definition) is 2. The zero-order valence-corrected chi connectivity index (χ0v) is 16.5. The molecule has 0 spiro atoms. The zero-order valence-electron chi connectivity index (χ0n) is 15.7. The summed E-state index contributed by atoms with van der Waals surface area (Å²) < 4.78 is 7.64. The first kappa shape index (κ1) is 17.2. The van der Waals surface area contributed by atoms with E-state index in [1.54, 1.807) is 0 Å². The number of fused-ring (bicyclic) bond motifs is 3. The second kappa shape index (κ2) is 6.31. The van der Waals surface area contributed by atoms with Crippen molar-refractivity contribution in [3.8, 4) is 11.1 Å². The summed E-state index contributed by atoms with van der Waals surface area (Å²) in [4.78, 5) is 15.6. The van der Waals surface area contributed by atoms with Gasteiger partial charge in [-0.05, 0) is 62.0 Å². The van der Waals surface area contributed by atoms with Crippen molar-refractivity contribution in [1.29, 1.82) is 0 Å². The number of hydrogen-bond acceptors (Lipinski definition) is 5. The molecule has 0 aliphatic carbocycles. The summed E-state index contributed by atoms with van der Waals surface area (Å²) in [5.74, 6) is 1.41. The molecule has 0 atom stereocenters. The average molecular weight is 392 g/mol. The Kier molecular flexibility index (Phi) is 3.87. The van der Waals surface area contributed by atoms with E-state index in [1.807, 2.05) is 31.9 Å². The first-order valence-corrected chi connectivity index (χ1v) is 10.2. The molecule has 1 fully saturated rings. The van der Waals surface area contributed by atoms with E-state index in [-0.39, 0.29) is 0 Å². The molecule has 7 heteroatoms. The summed E-state index contributed by atoms with van der Waals surface area (Å²) in [7, 11) is 0. The summed E-state index contributed by atoms with van der Waals surface area (Å²) in [5.41, 5.74) is 11.7. The van der Waals surface area contributed by atoms with E-state index < -0.39 is 5.91 Å². The van der Waals surface area contributed by atoms with E-state index in [4.69, 9.17) is 10.3 Å². The maximum Gasteiger partial charge on any atom is 0.250 e. The van der Waals surface area contributed by atoms with Gasteiger partial charge in [0.1, 0.15) is 5.76 Å². The monoisotopic (exact) mass is 392 g/mol. The number of nitrogens with two attached hydrogens (primary N) is 1. The van der Waals surface area contributed by atoms with E-state index in [1.165, 1.54) is 12.1 Å². The summed E-state index contributed by atoms with van der Waals surface area (Å²) in [6, 6.07) is 10.3. The van der Waals surface area contributed by atoms with Crippen molar-refractivity contribution in [2.24, 2.45) is 5.73 Å². The van der Waals surface area contributed by atoms with Crippen LogP contribution in [0, 0.1) is 13.8 Å². The van der Waals surface area contributed by atoms with Crippen molar-refractivity contribution in [3.63, 3.8) is 0 Å². The fourth-order valence-corrected chi connectivity index (χ4v) is 5.03. The molecule has 3 N–H and O–H groups in total. The minimum atomic E-state index is -0.458. The van der Waals surface area contributed by atoms with Crippen LogP contribution in [0.4, 0.5) is 5.69 Å². The Hall–Kier alpha value is -2.93. The third-order valence-electron chi connectivity index (χ3n) is 5.32. The number of rotatable bonds is 3. The fraction of sp³-hybridized carbons (Fsp3) is 0.238. The Morgan fingerprint density at radius 3 is 2.79 bits per heavy atom. The van der Waals surface area contributed by atoms with Crippen LogP contribution in [0.15, 0.2) is 34.9 Å². The van der Waals surface area contributed by atoms with E-state index in [2.05, 4.69) is 38.7 Å². The molecule has 1 saturated heterocycles. The second-order valence-corrected chi connectivity index (χ2v) is 8.26. The van der Waals surface area contributed by atoms with Crippen molar-refractivity contribution in [1.82, 2.24) is 10.1 Å². The first-order valence-electron chi connectivity index (χ1n) is 9.26. The number of primary amides is 1. The Bertz CT molecular complexity index is 1210. The molecule has 28 heavy (non-hydrogen) atoms. The lowest BCUT2D eigenvalue weighted by atomic mass is 9.98. The van der Waals surface area contributed by atoms with Crippen molar-refractivity contribution in [2.75, 3.05) is 16.6 Å². The van der Waals surface area contributed by atoms with E-state index in [0.29, 0.717) is 5.56 Å². The van der Waals surface area contributed by atoms with E-state index >= 15 is 0 Å². The number of amides is 1. The van der Waals surface area contributed by atoms with Gasteiger partial charge in [-0.15, -0.1) is 0 Å². The number of carbonyl (C=O) groups is 1. The zero-order chi connectivity index (χ0) is 19.4. The molecule has 5 rings (SSSR count). The SMILES string of the molecule is Cc1noc(C)c1-c1cc(C(N)=O)c2[nH]c3cc(N4CCCS4)ccc3c2c1. The number of aryl methyl sites for hydroxylation is 2. The molecule has 1 amide bonds. The van der Waals surface area contributed by atoms with Gasteiger partial charge in [0.2, 0.25) is 0 Å². The number of aromatic nitrogens is 2. The van der Waals surface area contributed by atoms with Gasteiger partial charge < -0.3 is 19.5 Å². The third kappa shape index (κ3) is 2.57. The normalized spacial score (nSPS) is 14.4. The molecule has 1 aliphatic rings. The summed E-state index contributed by atoms with van der Waals surface area (Å²) in [6.07, 6.45) is 1.20. The molecule has 6 nitrogen and oxygen atoms in total. The lowest BCUT2D eigenvalue weighted by Crippen LogP contribution is -2.11. The highest BCUT2D eigenvalue weighted by molar-refractivity contribution is 8.00. The highest BCUT2D eigenvalue weighted by atomic mass is 32.2. The lowest BCUT2D eigenvalue weighted by Gasteiger charge is -2.15. The molecule has 1 aliphatic heterocycles. The summed E-state index contributed by atoms with van der Waals surface area (Å²) in [6.45, 7) is 4.83. The van der Waals surface area contributed by atoms with Gasteiger partial charge in [0.25, 0.3) is 5.91 Å². The van der Waals surface area contributed by atoms with Crippen molar-refractivity contribution < 1.29 is 9.32 Å². The van der Waals surface area contributed by atoms with E-state index in [0.717, 1.165) is 56.7 Å². The largest absolute Gasteiger partial charge is 0.366 e. The summed E-state index contributed by atoms with van der Waals surface area (Å²) in [5, 5.41) is 6.09. The van der Waals surface area contributed by atoms with Gasteiger partial charge in [0.05, 0.1) is 16.8 Å². The molecule has 0 bridgehead atoms. The van der Waals surface area contributed by atoms with Crippen molar-refractivity contribution >= 4 is 45.3 Å². The molecule has 0 radical (unpaired) electrons. The Morgan fingerprint density at radius 1 is 1.25 bits per heavy atom. The number of H-pyrrole nitrogens is 1. The number of benzene rings is 2. The lowest BCUT2D eigenvalue weighted by molar-refractivity contribution is 0.100. The van der Waals surface area contributed by atoms with Gasteiger partial charge in [0.15, 0.2) is 0 Å². The maximum atomic E-state index is 12.2. The van der Waals surface area contributed by atoms with Crippen molar-refractivity contribution in [3.05, 3.63) is 47.3 Å². The van der Waals surface area contributed by atoms with Gasteiger partial charge in [0, 0.05) is 39.8 Å². The minimum Gasteiger partial charge on any atom is -0.366 e. The molecule has 2 aromatic carbocycles. The third-order valence-corrected chi connectivity index (χ3v) is 6.50. The Labute approximate surface area is 166 Å². The molecule has 4 aromatic rings. The molecule has 0 unspecified atom stereocenters. The van der Waals surface area contributed by atoms with Crippen LogP contribution in [-0.2, 0) is 0 Å². The second-order valence-electron chi connectivity index (χ2n) is 7.15. The van der Waals surface area contributed by atoms with Gasteiger partial charge in [-0.1, -0.05) is 11.2 Å². The van der Waals surface area contributed by atoms with Crippen LogP contribution >= 0.6 is 11.9 Å². The maximum absolute atomic E-state index is 12.2. The summed E-state index contributed by atoms with van der Waals surface area (Å²) >= 11 is 1.85. The quantitative estimate of drug-likeness (QED) is 0.499. The Morgan fingerprint density at radius 2 is 2.11 bits per heavy atom. The molecule has 3 heterocycles. The molecule has 142 valence electrons. The number of anilines is 1. The van der Waals surface area contributed by atoms with Crippen LogP contribution < -0.4 is 10.0 Å². The van der Waals surface area contributed by atoms with Crippen LogP contribution in [0.2, 0.25) is 0 Å². The number of carbonyl (C=O) groups excluding carboxylic acids is 1. The van der Waals surface area contributed by atoms with Crippen LogP contribution in [0.1, 0.15) is 28.2 Å². The predicted molar refractivity (Wildman–Crippen MR) is 114 cm³/mol. The van der Waals surface area contributed by atoms with Crippen LogP contribution in [-0.4, -0.2) is 28.3 Å². The van der Waals surface area contributed by atoms with Crippen LogP contribution in [0.25, 0.3) is 32.9 Å². The highest BCUT2D eigenvalue weighted by Crippen LogP contribution is 2.37. The standard InChI is InChI=1S/C21H20N4O2S/c1-11-19(12(2)27-24-11)13-8-16-15-5-4-14(25-6-3-7-28-25)10-18(15)23-20(16)17(9-13)21(22)26/h4-5,8-10,23H,3,6-7H2,1-2H3,(H2,22,26). The van der Waals surface area contributed by atoms with Crippen LogP contribution in [0.3, 0.4) is 0 Å². The van der Waals surface area contributed by atoms with Gasteiger partial charge in [-0.25, -0.2) is 0 Å². The molecule has 2 aromatic heterocycles. The Balaban J connectivity index is 1.77. The first-order chi connectivity index (χ1) is 13.5. The highest BCUT2D eigenvalue weighted by Gasteiger charge is 2.20. The van der Waals surface area contributed by atoms with E-state index in [9.17, 15) is 4.79 Å². The molecular formula is C21H20N4O2S. The number of nitrogens with one attached hydrogen (secondary N) is 1. The smallest absolute Gasteiger partial charge is 0.250 e. The predicted octanol–water partition coefficient (Wildman–Crippen LogP) is 4.55. The van der Waals surface area contributed by atoms with Crippen LogP contribution in [0.5, 0.6) is 0 Å². The van der Waals surface area contributed by atoms with Gasteiger partial charge >= 0.3 is 0 Å². The molecular weight excluding hydrogens is 372 g/mol. The van der Waals surface area contributed by atoms with Crippen molar-refractivity contribution in [2.45, 2.75) is 20.3 Å².